The Labute approximate surface area is 163 Å². The van der Waals surface area contributed by atoms with Gasteiger partial charge in [-0.1, -0.05) is 17.7 Å². The Kier molecular flexibility index (Phi) is 5.23. The average Bonchev–Trinajstić information content (AvgIpc) is 3.32. The summed E-state index contributed by atoms with van der Waals surface area (Å²) in [5.41, 5.74) is 1.18. The minimum Gasteiger partial charge on any atom is -0.484 e. The van der Waals surface area contributed by atoms with Gasteiger partial charge in [0.1, 0.15) is 23.1 Å². The van der Waals surface area contributed by atoms with Crippen LogP contribution < -0.4 is 14.8 Å². The number of benzene rings is 2. The molecule has 1 N–H and O–H groups in total. The molecule has 0 saturated heterocycles. The number of aromatic nitrogens is 3. The van der Waals surface area contributed by atoms with Crippen molar-refractivity contribution in [3.8, 4) is 17.2 Å². The molecule has 0 unspecified atom stereocenters. The van der Waals surface area contributed by atoms with E-state index in [9.17, 15) is 4.79 Å². The average molecular weight is 378 g/mol. The first-order chi connectivity index (χ1) is 13.7. The van der Waals surface area contributed by atoms with E-state index in [-0.39, 0.29) is 12.5 Å². The van der Waals surface area contributed by atoms with Crippen LogP contribution in [0.3, 0.4) is 0 Å². The van der Waals surface area contributed by atoms with E-state index in [0.29, 0.717) is 18.0 Å². The van der Waals surface area contributed by atoms with Crippen molar-refractivity contribution in [1.82, 2.24) is 20.1 Å². The summed E-state index contributed by atoms with van der Waals surface area (Å²) in [7, 11) is 0. The second kappa shape index (κ2) is 8.12. The lowest BCUT2D eigenvalue weighted by molar-refractivity contribution is -0.123. The molecule has 0 spiro atoms. The number of ether oxygens (including phenoxy) is 2. The molecular formula is C21H22N4O3. The lowest BCUT2D eigenvalue weighted by Gasteiger charge is -2.09. The third-order valence-electron chi connectivity index (χ3n) is 4.58. The first-order valence-electron chi connectivity index (χ1n) is 9.32. The summed E-state index contributed by atoms with van der Waals surface area (Å²) >= 11 is 0. The molecule has 1 aromatic heterocycles. The minimum absolute atomic E-state index is 0.0564. The van der Waals surface area contributed by atoms with E-state index in [4.69, 9.17) is 9.47 Å². The number of fused-ring (bicyclic) bond motifs is 1. The lowest BCUT2D eigenvalue weighted by Crippen LogP contribution is -2.29. The Balaban J connectivity index is 1.24. The molecular weight excluding hydrogens is 356 g/mol. The van der Waals surface area contributed by atoms with Gasteiger partial charge in [-0.15, -0.1) is 10.2 Å². The van der Waals surface area contributed by atoms with Crippen molar-refractivity contribution in [2.75, 3.05) is 6.61 Å². The second-order valence-electron chi connectivity index (χ2n) is 6.74. The Hall–Kier alpha value is -3.35. The van der Waals surface area contributed by atoms with Gasteiger partial charge in [-0.3, -0.25) is 4.79 Å². The fraction of sp³-hybridized carbons (Fsp3) is 0.286. The maximum Gasteiger partial charge on any atom is 0.258 e. The molecule has 7 heteroatoms. The largest absolute Gasteiger partial charge is 0.484 e. The van der Waals surface area contributed by atoms with Crippen LogP contribution in [0.15, 0.2) is 48.5 Å². The summed E-state index contributed by atoms with van der Waals surface area (Å²) in [4.78, 5) is 12.0. The number of carbonyl (C=O) groups excluding carboxylic acids is 1. The number of amides is 1. The fourth-order valence-electron chi connectivity index (χ4n) is 3.07. The molecule has 0 saturated carbocycles. The molecule has 4 rings (SSSR count). The predicted octanol–water partition coefficient (Wildman–Crippen LogP) is 3.02. The number of hydrogen-bond donors (Lipinski definition) is 1. The van der Waals surface area contributed by atoms with Gasteiger partial charge in [-0.2, -0.15) is 0 Å². The smallest absolute Gasteiger partial charge is 0.258 e. The van der Waals surface area contributed by atoms with Gasteiger partial charge in [0.2, 0.25) is 0 Å². The number of nitrogens with zero attached hydrogens (tertiary/aromatic N) is 3. The number of aryl methyl sites for hydroxylation is 2. The summed E-state index contributed by atoms with van der Waals surface area (Å²) in [6.07, 6.45) is 2.03. The van der Waals surface area contributed by atoms with Crippen LogP contribution in [-0.4, -0.2) is 27.3 Å². The first-order valence-corrected chi connectivity index (χ1v) is 9.32. The summed E-state index contributed by atoms with van der Waals surface area (Å²) in [5.74, 6) is 3.68. The van der Waals surface area contributed by atoms with Crippen LogP contribution in [0.4, 0.5) is 0 Å². The molecule has 1 amide bonds. The fourth-order valence-corrected chi connectivity index (χ4v) is 3.07. The number of hydrogen-bond acceptors (Lipinski definition) is 5. The zero-order valence-electron chi connectivity index (χ0n) is 15.7. The highest BCUT2D eigenvalue weighted by Crippen LogP contribution is 2.24. The predicted molar refractivity (Wildman–Crippen MR) is 103 cm³/mol. The van der Waals surface area contributed by atoms with Crippen molar-refractivity contribution in [3.05, 3.63) is 65.7 Å². The van der Waals surface area contributed by atoms with E-state index in [0.717, 1.165) is 36.8 Å². The normalized spacial score (nSPS) is 12.5. The number of rotatable bonds is 7. The Bertz CT molecular complexity index is 949. The molecule has 0 fully saturated rings. The van der Waals surface area contributed by atoms with Crippen LogP contribution in [0.25, 0.3) is 0 Å². The molecule has 0 atom stereocenters. The molecule has 2 aromatic carbocycles. The highest BCUT2D eigenvalue weighted by molar-refractivity contribution is 5.77. The van der Waals surface area contributed by atoms with E-state index in [1.807, 2.05) is 43.3 Å². The van der Waals surface area contributed by atoms with Gasteiger partial charge in [-0.25, -0.2) is 0 Å². The van der Waals surface area contributed by atoms with Crippen molar-refractivity contribution >= 4 is 5.91 Å². The van der Waals surface area contributed by atoms with E-state index in [2.05, 4.69) is 20.1 Å². The van der Waals surface area contributed by atoms with E-state index in [1.165, 1.54) is 5.56 Å². The topological polar surface area (TPSA) is 78.3 Å². The lowest BCUT2D eigenvalue weighted by atomic mass is 10.2. The standard InChI is InChI=1S/C21H22N4O3/c1-15-4-6-17(7-5-15)28-18-10-8-16(9-11-18)27-14-21(26)22-13-20-24-23-19-3-2-12-25(19)20/h4-11H,2-3,12-14H2,1H3,(H,22,26). The maximum atomic E-state index is 12.0. The summed E-state index contributed by atoms with van der Waals surface area (Å²) < 4.78 is 13.4. The van der Waals surface area contributed by atoms with Gasteiger partial charge in [0, 0.05) is 13.0 Å². The van der Waals surface area contributed by atoms with E-state index in [1.54, 1.807) is 12.1 Å². The molecule has 1 aliphatic rings. The molecule has 7 nitrogen and oxygen atoms in total. The SMILES string of the molecule is Cc1ccc(Oc2ccc(OCC(=O)NCc3nnc4n3CCC4)cc2)cc1. The third-order valence-corrected chi connectivity index (χ3v) is 4.58. The van der Waals surface area contributed by atoms with Crippen LogP contribution >= 0.6 is 0 Å². The Morgan fingerprint density at radius 2 is 1.71 bits per heavy atom. The molecule has 0 radical (unpaired) electrons. The summed E-state index contributed by atoms with van der Waals surface area (Å²) in [5, 5.41) is 11.1. The zero-order chi connectivity index (χ0) is 19.3. The van der Waals surface area contributed by atoms with Gasteiger partial charge >= 0.3 is 0 Å². The molecule has 1 aliphatic heterocycles. The number of nitrogens with one attached hydrogen (secondary N) is 1. The third kappa shape index (κ3) is 4.31. The van der Waals surface area contributed by atoms with Crippen LogP contribution in [0.5, 0.6) is 17.2 Å². The van der Waals surface area contributed by atoms with Gasteiger partial charge in [0.15, 0.2) is 12.4 Å². The summed E-state index contributed by atoms with van der Waals surface area (Å²) in [6, 6.07) is 15.0. The van der Waals surface area contributed by atoms with Crippen LogP contribution in [0.1, 0.15) is 23.6 Å². The highest BCUT2D eigenvalue weighted by atomic mass is 16.5. The van der Waals surface area contributed by atoms with Crippen molar-refractivity contribution < 1.29 is 14.3 Å². The highest BCUT2D eigenvalue weighted by Gasteiger charge is 2.17. The Morgan fingerprint density at radius 3 is 2.46 bits per heavy atom. The molecule has 144 valence electrons. The molecule has 0 bridgehead atoms. The van der Waals surface area contributed by atoms with E-state index < -0.39 is 0 Å². The molecule has 2 heterocycles. The monoisotopic (exact) mass is 378 g/mol. The van der Waals surface area contributed by atoms with Crippen molar-refractivity contribution in [2.24, 2.45) is 0 Å². The zero-order valence-corrected chi connectivity index (χ0v) is 15.7. The first kappa shape index (κ1) is 18.0. The molecule has 3 aromatic rings. The van der Waals surface area contributed by atoms with Crippen LogP contribution in [0.2, 0.25) is 0 Å². The van der Waals surface area contributed by atoms with Crippen LogP contribution in [-0.2, 0) is 24.3 Å². The second-order valence-corrected chi connectivity index (χ2v) is 6.74. The van der Waals surface area contributed by atoms with Gasteiger partial charge in [0.25, 0.3) is 5.91 Å². The van der Waals surface area contributed by atoms with Gasteiger partial charge < -0.3 is 19.4 Å². The van der Waals surface area contributed by atoms with Crippen LogP contribution in [0, 0.1) is 6.92 Å². The minimum atomic E-state index is -0.199. The van der Waals surface area contributed by atoms with Crippen molar-refractivity contribution in [3.63, 3.8) is 0 Å². The van der Waals surface area contributed by atoms with Crippen molar-refractivity contribution in [1.29, 1.82) is 0 Å². The molecule has 0 aliphatic carbocycles. The van der Waals surface area contributed by atoms with Gasteiger partial charge in [0.05, 0.1) is 6.54 Å². The number of carbonyl (C=O) groups is 1. The Morgan fingerprint density at radius 1 is 1.04 bits per heavy atom. The molecule has 28 heavy (non-hydrogen) atoms. The van der Waals surface area contributed by atoms with Gasteiger partial charge in [-0.05, 0) is 49.7 Å². The summed E-state index contributed by atoms with van der Waals surface area (Å²) in [6.45, 7) is 3.25. The maximum absolute atomic E-state index is 12.0. The quantitative estimate of drug-likeness (QED) is 0.684. The van der Waals surface area contributed by atoms with Crippen molar-refractivity contribution in [2.45, 2.75) is 32.9 Å². The van der Waals surface area contributed by atoms with E-state index >= 15 is 0 Å².